The van der Waals surface area contributed by atoms with Gasteiger partial charge in [-0.05, 0) is 76.4 Å². The molecule has 22 heavy (non-hydrogen) atoms. The second-order valence-electron chi connectivity index (χ2n) is 5.48. The minimum absolute atomic E-state index is 0.164. The third-order valence-corrected chi connectivity index (χ3v) is 5.14. The SMILES string of the molecule is O=C(NCC(c1ccsc1)N1CCCCC1)c1ccc(Br)o1. The van der Waals surface area contributed by atoms with Gasteiger partial charge in [-0.2, -0.15) is 11.3 Å². The predicted molar refractivity (Wildman–Crippen MR) is 91.2 cm³/mol. The van der Waals surface area contributed by atoms with E-state index >= 15 is 0 Å². The first-order valence-corrected chi connectivity index (χ1v) is 9.27. The Morgan fingerprint density at radius 2 is 2.14 bits per heavy atom. The Hall–Kier alpha value is -1.11. The summed E-state index contributed by atoms with van der Waals surface area (Å²) in [6.07, 6.45) is 3.78. The number of amides is 1. The van der Waals surface area contributed by atoms with E-state index in [-0.39, 0.29) is 11.9 Å². The zero-order valence-corrected chi connectivity index (χ0v) is 14.7. The number of hydrogen-bond acceptors (Lipinski definition) is 4. The number of carbonyl (C=O) groups is 1. The highest BCUT2D eigenvalue weighted by Crippen LogP contribution is 2.26. The molecule has 1 aliphatic rings. The van der Waals surface area contributed by atoms with E-state index in [0.717, 1.165) is 13.1 Å². The fourth-order valence-electron chi connectivity index (χ4n) is 2.87. The molecular weight excluding hydrogens is 364 g/mol. The maximum absolute atomic E-state index is 12.2. The molecule has 3 rings (SSSR count). The zero-order valence-electron chi connectivity index (χ0n) is 12.3. The summed E-state index contributed by atoms with van der Waals surface area (Å²) in [4.78, 5) is 14.6. The number of halogens is 1. The first-order chi connectivity index (χ1) is 10.7. The Balaban J connectivity index is 1.66. The maximum atomic E-state index is 12.2. The molecule has 0 radical (unpaired) electrons. The molecule has 1 atom stereocenters. The molecule has 4 nitrogen and oxygen atoms in total. The molecule has 1 N–H and O–H groups in total. The lowest BCUT2D eigenvalue weighted by Gasteiger charge is -2.34. The molecule has 0 aromatic carbocycles. The average molecular weight is 383 g/mol. The number of hydrogen-bond donors (Lipinski definition) is 1. The summed E-state index contributed by atoms with van der Waals surface area (Å²) in [5, 5.41) is 7.28. The normalized spacial score (nSPS) is 17.3. The molecule has 2 aromatic rings. The van der Waals surface area contributed by atoms with Crippen LogP contribution in [0, 0.1) is 0 Å². The molecule has 3 heterocycles. The quantitative estimate of drug-likeness (QED) is 0.847. The monoisotopic (exact) mass is 382 g/mol. The first kappa shape index (κ1) is 15.8. The molecule has 1 unspecified atom stereocenters. The Morgan fingerprint density at radius 3 is 2.77 bits per heavy atom. The van der Waals surface area contributed by atoms with E-state index in [4.69, 9.17) is 4.42 Å². The van der Waals surface area contributed by atoms with Crippen molar-refractivity contribution in [3.8, 4) is 0 Å². The van der Waals surface area contributed by atoms with Crippen molar-refractivity contribution in [2.24, 2.45) is 0 Å². The molecule has 1 saturated heterocycles. The summed E-state index contributed by atoms with van der Waals surface area (Å²) < 4.78 is 5.88. The van der Waals surface area contributed by atoms with E-state index in [1.807, 2.05) is 0 Å². The highest BCUT2D eigenvalue weighted by atomic mass is 79.9. The van der Waals surface area contributed by atoms with Crippen LogP contribution in [0.25, 0.3) is 0 Å². The van der Waals surface area contributed by atoms with Gasteiger partial charge in [-0.15, -0.1) is 0 Å². The van der Waals surface area contributed by atoms with Crippen LogP contribution >= 0.6 is 27.3 Å². The summed E-state index contributed by atoms with van der Waals surface area (Å²) in [6, 6.07) is 5.81. The van der Waals surface area contributed by atoms with E-state index in [1.54, 1.807) is 23.5 Å². The topological polar surface area (TPSA) is 45.5 Å². The molecule has 2 aromatic heterocycles. The van der Waals surface area contributed by atoms with Crippen molar-refractivity contribution < 1.29 is 9.21 Å². The van der Waals surface area contributed by atoms with Crippen molar-refractivity contribution in [3.63, 3.8) is 0 Å². The molecule has 118 valence electrons. The number of piperidine rings is 1. The van der Waals surface area contributed by atoms with Gasteiger partial charge in [0.1, 0.15) is 0 Å². The van der Waals surface area contributed by atoms with Gasteiger partial charge < -0.3 is 9.73 Å². The Kier molecular flexibility index (Phi) is 5.33. The van der Waals surface area contributed by atoms with Crippen LogP contribution in [0.4, 0.5) is 0 Å². The summed E-state index contributed by atoms with van der Waals surface area (Å²) in [7, 11) is 0. The lowest BCUT2D eigenvalue weighted by molar-refractivity contribution is 0.0896. The highest BCUT2D eigenvalue weighted by molar-refractivity contribution is 9.10. The van der Waals surface area contributed by atoms with Crippen molar-refractivity contribution in [2.75, 3.05) is 19.6 Å². The standard InChI is InChI=1S/C16H19BrN2O2S/c17-15-5-4-14(21-15)16(20)18-10-13(12-6-9-22-11-12)19-7-2-1-3-8-19/h4-6,9,11,13H,1-3,7-8,10H2,(H,18,20). The van der Waals surface area contributed by atoms with E-state index in [2.05, 4.69) is 43.0 Å². The van der Waals surface area contributed by atoms with Gasteiger partial charge in [0.05, 0.1) is 6.04 Å². The van der Waals surface area contributed by atoms with Gasteiger partial charge in [0.15, 0.2) is 10.4 Å². The molecular formula is C16H19BrN2O2S. The highest BCUT2D eigenvalue weighted by Gasteiger charge is 2.23. The van der Waals surface area contributed by atoms with Crippen LogP contribution in [0.2, 0.25) is 0 Å². The van der Waals surface area contributed by atoms with Crippen molar-refractivity contribution in [1.82, 2.24) is 10.2 Å². The molecule has 1 fully saturated rings. The van der Waals surface area contributed by atoms with Gasteiger partial charge in [0.2, 0.25) is 0 Å². The van der Waals surface area contributed by atoms with E-state index in [9.17, 15) is 4.79 Å². The van der Waals surface area contributed by atoms with E-state index in [0.29, 0.717) is 17.0 Å². The van der Waals surface area contributed by atoms with Gasteiger partial charge in [-0.3, -0.25) is 9.69 Å². The van der Waals surface area contributed by atoms with Gasteiger partial charge in [-0.25, -0.2) is 0 Å². The Labute approximate surface area is 142 Å². The molecule has 1 amide bonds. The van der Waals surface area contributed by atoms with Crippen LogP contribution in [0.15, 0.2) is 38.0 Å². The number of nitrogens with zero attached hydrogens (tertiary/aromatic N) is 1. The predicted octanol–water partition coefficient (Wildman–Crippen LogP) is 4.06. The van der Waals surface area contributed by atoms with Gasteiger partial charge in [0, 0.05) is 6.54 Å². The van der Waals surface area contributed by atoms with Crippen LogP contribution < -0.4 is 5.32 Å². The van der Waals surface area contributed by atoms with Crippen LogP contribution in [-0.2, 0) is 0 Å². The summed E-state index contributed by atoms with van der Waals surface area (Å²) >= 11 is 4.92. The van der Waals surface area contributed by atoms with Crippen LogP contribution in [0.1, 0.15) is 41.4 Å². The van der Waals surface area contributed by atoms with Gasteiger partial charge >= 0.3 is 0 Å². The lowest BCUT2D eigenvalue weighted by atomic mass is 10.0. The maximum Gasteiger partial charge on any atom is 0.287 e. The molecule has 0 saturated carbocycles. The minimum atomic E-state index is -0.164. The second-order valence-corrected chi connectivity index (χ2v) is 7.04. The van der Waals surface area contributed by atoms with Crippen molar-refractivity contribution in [2.45, 2.75) is 25.3 Å². The minimum Gasteiger partial charge on any atom is -0.444 e. The van der Waals surface area contributed by atoms with Crippen LogP contribution in [0.5, 0.6) is 0 Å². The Bertz CT molecular complexity index is 605. The fourth-order valence-corrected chi connectivity index (χ4v) is 3.88. The van der Waals surface area contributed by atoms with Crippen LogP contribution in [0.3, 0.4) is 0 Å². The number of likely N-dealkylation sites (tertiary alicyclic amines) is 1. The van der Waals surface area contributed by atoms with Crippen molar-refractivity contribution in [1.29, 1.82) is 0 Å². The van der Waals surface area contributed by atoms with Gasteiger partial charge in [-0.1, -0.05) is 6.42 Å². The molecule has 0 spiro atoms. The molecule has 6 heteroatoms. The van der Waals surface area contributed by atoms with Gasteiger partial charge in [0.25, 0.3) is 5.91 Å². The number of thiophene rings is 1. The summed E-state index contributed by atoms with van der Waals surface area (Å²) in [6.45, 7) is 2.80. The summed E-state index contributed by atoms with van der Waals surface area (Å²) in [5.41, 5.74) is 1.29. The fraction of sp³-hybridized carbons (Fsp3) is 0.438. The third kappa shape index (κ3) is 3.80. The van der Waals surface area contributed by atoms with Crippen molar-refractivity contribution in [3.05, 3.63) is 45.0 Å². The average Bonchev–Trinajstić information content (AvgIpc) is 3.20. The zero-order chi connectivity index (χ0) is 15.4. The largest absolute Gasteiger partial charge is 0.444 e. The molecule has 1 aliphatic heterocycles. The number of carbonyl (C=O) groups excluding carboxylic acids is 1. The number of nitrogens with one attached hydrogen (secondary N) is 1. The number of rotatable bonds is 5. The smallest absolute Gasteiger partial charge is 0.287 e. The molecule has 0 aliphatic carbocycles. The Morgan fingerprint density at radius 1 is 1.32 bits per heavy atom. The second kappa shape index (κ2) is 7.44. The van der Waals surface area contributed by atoms with Crippen LogP contribution in [-0.4, -0.2) is 30.4 Å². The van der Waals surface area contributed by atoms with Crippen molar-refractivity contribution >= 4 is 33.2 Å². The molecule has 0 bridgehead atoms. The van der Waals surface area contributed by atoms with E-state index < -0.39 is 0 Å². The third-order valence-electron chi connectivity index (χ3n) is 4.01. The summed E-state index contributed by atoms with van der Waals surface area (Å²) in [5.74, 6) is 0.178. The number of furan rings is 1. The first-order valence-electron chi connectivity index (χ1n) is 7.54. The van der Waals surface area contributed by atoms with E-state index in [1.165, 1.54) is 24.8 Å². The lowest BCUT2D eigenvalue weighted by Crippen LogP contribution is -2.40.